The van der Waals surface area contributed by atoms with Crippen LogP contribution in [0.4, 0.5) is 5.69 Å². The molecule has 1 amide bonds. The molecule has 0 fully saturated rings. The Morgan fingerprint density at radius 1 is 1.33 bits per heavy atom. The minimum atomic E-state index is -0.332. The quantitative estimate of drug-likeness (QED) is 0.388. The van der Waals surface area contributed by atoms with Crippen LogP contribution in [0.5, 0.6) is 0 Å². The van der Waals surface area contributed by atoms with Gasteiger partial charge in [-0.05, 0) is 18.2 Å². The Balaban J connectivity index is 2.43. The predicted octanol–water partition coefficient (Wildman–Crippen LogP) is 3.43. The molecule has 1 aromatic heterocycles. The number of hydrogen-bond donors (Lipinski definition) is 2. The molecule has 1 heterocycles. The van der Waals surface area contributed by atoms with Crippen molar-refractivity contribution in [1.29, 1.82) is 0 Å². The van der Waals surface area contributed by atoms with Crippen LogP contribution in [0.2, 0.25) is 8.67 Å². The molecule has 8 heteroatoms. The first-order valence-electron chi connectivity index (χ1n) is 5.75. The fourth-order valence-corrected chi connectivity index (χ4v) is 3.26. The van der Waals surface area contributed by atoms with Crippen molar-refractivity contribution in [3.63, 3.8) is 0 Å². The molecule has 21 heavy (non-hydrogen) atoms. The number of nitrogens with zero attached hydrogens (tertiary/aromatic N) is 2. The molecule has 0 radical (unpaired) electrons. The van der Waals surface area contributed by atoms with E-state index in [2.05, 4.69) is 5.16 Å². The normalized spacial score (nSPS) is 11.5. The monoisotopic (exact) mass is 343 g/mol. The Morgan fingerprint density at radius 2 is 2.00 bits per heavy atom. The van der Waals surface area contributed by atoms with E-state index in [9.17, 15) is 4.79 Å². The molecule has 0 saturated carbocycles. The van der Waals surface area contributed by atoms with E-state index < -0.39 is 0 Å². The molecule has 0 aliphatic rings. The summed E-state index contributed by atoms with van der Waals surface area (Å²) in [5.41, 5.74) is 6.87. The van der Waals surface area contributed by atoms with Crippen molar-refractivity contribution >= 4 is 52.0 Å². The fourth-order valence-electron chi connectivity index (χ4n) is 1.81. The highest BCUT2D eigenvalue weighted by Gasteiger charge is 2.21. The summed E-state index contributed by atoms with van der Waals surface area (Å²) in [7, 11) is 1.58. The number of halogens is 2. The molecule has 2 aromatic rings. The first-order chi connectivity index (χ1) is 9.95. The highest BCUT2D eigenvalue weighted by atomic mass is 35.5. The molecule has 0 unspecified atom stereocenters. The van der Waals surface area contributed by atoms with Crippen LogP contribution in [-0.2, 0) is 0 Å². The Bertz CT molecular complexity index is 715. The number of amides is 1. The smallest absolute Gasteiger partial charge is 0.260 e. The van der Waals surface area contributed by atoms with Gasteiger partial charge in [-0.25, -0.2) is 0 Å². The first-order valence-corrected chi connectivity index (χ1v) is 7.32. The summed E-state index contributed by atoms with van der Waals surface area (Å²) >= 11 is 13.0. The van der Waals surface area contributed by atoms with E-state index in [1.165, 1.54) is 11.0 Å². The van der Waals surface area contributed by atoms with Gasteiger partial charge in [-0.1, -0.05) is 40.5 Å². The second-order valence-electron chi connectivity index (χ2n) is 4.10. The number of hydrogen-bond acceptors (Lipinski definition) is 4. The zero-order chi connectivity index (χ0) is 15.6. The standard InChI is InChI=1S/C13H11Cl2N3O2S/c1-18(13(19)8-6-10(14)21-11(8)15)9-5-3-2-4-7(9)12(16)17-20/h2-6,20H,1H3,(H2,16,17). The fraction of sp³-hybridized carbons (Fsp3) is 0.0769. The van der Waals surface area contributed by atoms with Crippen LogP contribution in [-0.4, -0.2) is 24.0 Å². The number of para-hydroxylation sites is 1. The van der Waals surface area contributed by atoms with Gasteiger partial charge in [0.25, 0.3) is 5.91 Å². The van der Waals surface area contributed by atoms with Crippen molar-refractivity contribution < 1.29 is 10.0 Å². The second-order valence-corrected chi connectivity index (χ2v) is 6.39. The van der Waals surface area contributed by atoms with E-state index in [-0.39, 0.29) is 11.7 Å². The van der Waals surface area contributed by atoms with Gasteiger partial charge in [0.05, 0.1) is 15.6 Å². The Labute approximate surface area is 135 Å². The van der Waals surface area contributed by atoms with Gasteiger partial charge < -0.3 is 15.8 Å². The maximum atomic E-state index is 12.5. The molecule has 5 nitrogen and oxygen atoms in total. The third kappa shape index (κ3) is 3.12. The predicted molar refractivity (Wildman–Crippen MR) is 86.0 cm³/mol. The van der Waals surface area contributed by atoms with Crippen LogP contribution in [0.25, 0.3) is 0 Å². The van der Waals surface area contributed by atoms with Crippen molar-refractivity contribution in [3.05, 3.63) is 50.1 Å². The van der Waals surface area contributed by atoms with E-state index in [0.717, 1.165) is 11.3 Å². The first kappa shape index (κ1) is 15.6. The molecule has 110 valence electrons. The average molecular weight is 344 g/mol. The Hall–Kier alpha value is -1.76. The number of benzene rings is 1. The molecule has 0 bridgehead atoms. The van der Waals surface area contributed by atoms with Gasteiger partial charge in [-0.2, -0.15) is 0 Å². The van der Waals surface area contributed by atoms with Crippen molar-refractivity contribution in [2.75, 3.05) is 11.9 Å². The van der Waals surface area contributed by atoms with E-state index in [1.54, 1.807) is 31.3 Å². The third-order valence-corrected chi connectivity index (χ3v) is 4.33. The molecular weight excluding hydrogens is 333 g/mol. The van der Waals surface area contributed by atoms with Crippen LogP contribution >= 0.6 is 34.5 Å². The summed E-state index contributed by atoms with van der Waals surface area (Å²) in [5, 5.41) is 11.8. The molecule has 0 aliphatic carbocycles. The van der Waals surface area contributed by atoms with E-state index in [4.69, 9.17) is 34.1 Å². The molecule has 0 atom stereocenters. The van der Waals surface area contributed by atoms with E-state index in [0.29, 0.717) is 25.5 Å². The SMILES string of the molecule is CN(C(=O)c1cc(Cl)sc1Cl)c1ccccc1/C(N)=N/O. The van der Waals surface area contributed by atoms with Gasteiger partial charge in [0.15, 0.2) is 5.84 Å². The summed E-state index contributed by atoms with van der Waals surface area (Å²) < 4.78 is 0.750. The highest BCUT2D eigenvalue weighted by Crippen LogP contribution is 2.33. The lowest BCUT2D eigenvalue weighted by Gasteiger charge is -2.20. The van der Waals surface area contributed by atoms with Crippen molar-refractivity contribution in [2.45, 2.75) is 0 Å². The lowest BCUT2D eigenvalue weighted by atomic mass is 10.1. The summed E-state index contributed by atoms with van der Waals surface area (Å²) in [6.45, 7) is 0. The van der Waals surface area contributed by atoms with Gasteiger partial charge in [-0.3, -0.25) is 4.79 Å². The van der Waals surface area contributed by atoms with E-state index in [1.807, 2.05) is 0 Å². The van der Waals surface area contributed by atoms with Crippen molar-refractivity contribution in [3.8, 4) is 0 Å². The molecule has 0 spiro atoms. The topological polar surface area (TPSA) is 78.9 Å². The Kier molecular flexibility index (Phi) is 4.72. The molecular formula is C13H11Cl2N3O2S. The third-order valence-electron chi connectivity index (χ3n) is 2.84. The van der Waals surface area contributed by atoms with E-state index >= 15 is 0 Å². The van der Waals surface area contributed by atoms with Gasteiger partial charge in [0, 0.05) is 12.6 Å². The highest BCUT2D eigenvalue weighted by molar-refractivity contribution is 7.20. The lowest BCUT2D eigenvalue weighted by molar-refractivity contribution is 0.0993. The minimum absolute atomic E-state index is 0.0836. The minimum Gasteiger partial charge on any atom is -0.409 e. The van der Waals surface area contributed by atoms with Crippen LogP contribution in [0, 0.1) is 0 Å². The van der Waals surface area contributed by atoms with Crippen molar-refractivity contribution in [1.82, 2.24) is 0 Å². The van der Waals surface area contributed by atoms with Crippen LogP contribution < -0.4 is 10.6 Å². The molecule has 0 saturated heterocycles. The van der Waals surface area contributed by atoms with Crippen LogP contribution in [0.3, 0.4) is 0 Å². The van der Waals surface area contributed by atoms with Gasteiger partial charge in [0.1, 0.15) is 4.34 Å². The average Bonchev–Trinajstić information content (AvgIpc) is 2.83. The molecule has 3 N–H and O–H groups in total. The Morgan fingerprint density at radius 3 is 2.57 bits per heavy atom. The number of oxime groups is 1. The van der Waals surface area contributed by atoms with Gasteiger partial charge in [-0.15, -0.1) is 11.3 Å². The summed E-state index contributed by atoms with van der Waals surface area (Å²) in [6.07, 6.45) is 0. The number of amidine groups is 1. The molecule has 1 aromatic carbocycles. The second kappa shape index (κ2) is 6.34. The zero-order valence-electron chi connectivity index (χ0n) is 10.9. The molecule has 0 aliphatic heterocycles. The number of carbonyl (C=O) groups is 1. The van der Waals surface area contributed by atoms with Gasteiger partial charge >= 0.3 is 0 Å². The van der Waals surface area contributed by atoms with Crippen LogP contribution in [0.1, 0.15) is 15.9 Å². The maximum Gasteiger partial charge on any atom is 0.260 e. The zero-order valence-corrected chi connectivity index (χ0v) is 13.2. The largest absolute Gasteiger partial charge is 0.409 e. The number of rotatable bonds is 3. The van der Waals surface area contributed by atoms with Crippen LogP contribution in [0.15, 0.2) is 35.5 Å². The molecule has 2 rings (SSSR count). The number of carbonyl (C=O) groups excluding carboxylic acids is 1. The summed E-state index contributed by atoms with van der Waals surface area (Å²) in [4.78, 5) is 13.9. The summed E-state index contributed by atoms with van der Waals surface area (Å²) in [6, 6.07) is 8.32. The maximum absolute atomic E-state index is 12.5. The number of nitrogens with two attached hydrogens (primary N) is 1. The lowest BCUT2D eigenvalue weighted by Crippen LogP contribution is -2.29. The number of thiophene rings is 1. The number of anilines is 1. The summed E-state index contributed by atoms with van der Waals surface area (Å²) in [5.74, 6) is -0.416. The van der Waals surface area contributed by atoms with Gasteiger partial charge in [0.2, 0.25) is 0 Å². The van der Waals surface area contributed by atoms with Crippen molar-refractivity contribution in [2.24, 2.45) is 10.9 Å².